The molecule has 2 aromatic heterocycles. The molecular formula is C17H23N5O. The van der Waals surface area contributed by atoms with Gasteiger partial charge in [0.05, 0.1) is 6.54 Å². The lowest BCUT2D eigenvalue weighted by atomic mass is 10.1. The van der Waals surface area contributed by atoms with E-state index in [0.717, 1.165) is 25.5 Å². The summed E-state index contributed by atoms with van der Waals surface area (Å²) in [4.78, 5) is 24.7. The van der Waals surface area contributed by atoms with Gasteiger partial charge in [-0.05, 0) is 38.1 Å². The molecule has 1 atom stereocenters. The molecular weight excluding hydrogens is 290 g/mol. The Kier molecular flexibility index (Phi) is 3.91. The minimum atomic E-state index is 0.0675. The Bertz CT molecular complexity index is 656. The topological polar surface area (TPSA) is 57.2 Å². The van der Waals surface area contributed by atoms with Crippen molar-refractivity contribution in [1.29, 1.82) is 0 Å². The van der Waals surface area contributed by atoms with Gasteiger partial charge >= 0.3 is 0 Å². The van der Waals surface area contributed by atoms with Gasteiger partial charge in [-0.25, -0.2) is 4.98 Å². The molecule has 4 heterocycles. The Morgan fingerprint density at radius 1 is 1.30 bits per heavy atom. The molecule has 2 aliphatic rings. The van der Waals surface area contributed by atoms with Gasteiger partial charge in [0.25, 0.3) is 5.91 Å². The van der Waals surface area contributed by atoms with E-state index in [1.807, 2.05) is 29.4 Å². The van der Waals surface area contributed by atoms with Crippen LogP contribution >= 0.6 is 0 Å². The van der Waals surface area contributed by atoms with Crippen LogP contribution in [0.3, 0.4) is 0 Å². The molecule has 23 heavy (non-hydrogen) atoms. The molecule has 0 radical (unpaired) electrons. The number of imidazole rings is 1. The zero-order valence-corrected chi connectivity index (χ0v) is 13.3. The Morgan fingerprint density at radius 2 is 2.17 bits per heavy atom. The third-order valence-electron chi connectivity index (χ3n) is 4.90. The van der Waals surface area contributed by atoms with Crippen LogP contribution in [0.25, 0.3) is 0 Å². The number of carbonyl (C=O) groups excluding carboxylic acids is 1. The van der Waals surface area contributed by atoms with Crippen LogP contribution in [0.4, 0.5) is 0 Å². The first-order valence-corrected chi connectivity index (χ1v) is 8.44. The minimum absolute atomic E-state index is 0.0675. The van der Waals surface area contributed by atoms with Gasteiger partial charge in [0.1, 0.15) is 11.5 Å². The second-order valence-corrected chi connectivity index (χ2v) is 6.64. The SMILES string of the molecule is O=C(c1ccc[nH]1)N1Cc2nccn2C[C@@H](CN2CCCC2)C1. The van der Waals surface area contributed by atoms with Crippen molar-refractivity contribution < 1.29 is 4.79 Å². The summed E-state index contributed by atoms with van der Waals surface area (Å²) >= 11 is 0. The molecule has 0 aromatic carbocycles. The first-order chi connectivity index (χ1) is 11.3. The summed E-state index contributed by atoms with van der Waals surface area (Å²) < 4.78 is 2.21. The van der Waals surface area contributed by atoms with Crippen molar-refractivity contribution in [1.82, 2.24) is 24.3 Å². The fourth-order valence-corrected chi connectivity index (χ4v) is 3.78. The normalized spacial score (nSPS) is 22.1. The Balaban J connectivity index is 1.55. The maximum Gasteiger partial charge on any atom is 0.270 e. The largest absolute Gasteiger partial charge is 0.357 e. The number of nitrogens with zero attached hydrogens (tertiary/aromatic N) is 4. The molecule has 0 spiro atoms. The predicted molar refractivity (Wildman–Crippen MR) is 86.9 cm³/mol. The molecule has 0 aliphatic carbocycles. The van der Waals surface area contributed by atoms with E-state index in [4.69, 9.17) is 0 Å². The van der Waals surface area contributed by atoms with Crippen LogP contribution < -0.4 is 0 Å². The molecule has 6 heteroatoms. The van der Waals surface area contributed by atoms with Crippen molar-refractivity contribution in [3.63, 3.8) is 0 Å². The van der Waals surface area contributed by atoms with E-state index in [0.29, 0.717) is 18.2 Å². The highest BCUT2D eigenvalue weighted by atomic mass is 16.2. The van der Waals surface area contributed by atoms with E-state index in [1.54, 1.807) is 6.20 Å². The zero-order valence-electron chi connectivity index (χ0n) is 13.3. The molecule has 4 rings (SSSR count). The fourth-order valence-electron chi connectivity index (χ4n) is 3.78. The monoisotopic (exact) mass is 313 g/mol. The molecule has 1 fully saturated rings. The highest BCUT2D eigenvalue weighted by molar-refractivity contribution is 5.92. The molecule has 1 amide bonds. The summed E-state index contributed by atoms with van der Waals surface area (Å²) in [6.45, 7) is 5.77. The quantitative estimate of drug-likeness (QED) is 0.936. The number of rotatable bonds is 3. The maximum atomic E-state index is 12.8. The Morgan fingerprint density at radius 3 is 2.96 bits per heavy atom. The van der Waals surface area contributed by atoms with E-state index >= 15 is 0 Å². The summed E-state index contributed by atoms with van der Waals surface area (Å²) in [5, 5.41) is 0. The Hall–Kier alpha value is -2.08. The highest BCUT2D eigenvalue weighted by Gasteiger charge is 2.28. The van der Waals surface area contributed by atoms with Gasteiger partial charge in [-0.15, -0.1) is 0 Å². The van der Waals surface area contributed by atoms with Gasteiger partial charge in [-0.1, -0.05) is 0 Å². The van der Waals surface area contributed by atoms with Gasteiger partial charge in [-0.2, -0.15) is 0 Å². The molecule has 2 aromatic rings. The van der Waals surface area contributed by atoms with E-state index < -0.39 is 0 Å². The molecule has 6 nitrogen and oxygen atoms in total. The number of amides is 1. The number of hydrogen-bond donors (Lipinski definition) is 1. The van der Waals surface area contributed by atoms with Gasteiger partial charge < -0.3 is 19.4 Å². The van der Waals surface area contributed by atoms with Gasteiger partial charge in [0.15, 0.2) is 0 Å². The first-order valence-electron chi connectivity index (χ1n) is 8.44. The van der Waals surface area contributed by atoms with Gasteiger partial charge in [0.2, 0.25) is 0 Å². The third-order valence-corrected chi connectivity index (χ3v) is 4.90. The van der Waals surface area contributed by atoms with Crippen molar-refractivity contribution >= 4 is 5.91 Å². The van der Waals surface area contributed by atoms with E-state index in [-0.39, 0.29) is 5.91 Å². The summed E-state index contributed by atoms with van der Waals surface area (Å²) in [5.74, 6) is 1.49. The van der Waals surface area contributed by atoms with Crippen molar-refractivity contribution in [3.05, 3.63) is 42.2 Å². The van der Waals surface area contributed by atoms with Crippen LogP contribution in [-0.4, -0.2) is 56.4 Å². The summed E-state index contributed by atoms with van der Waals surface area (Å²) in [5.41, 5.74) is 0.657. The molecule has 1 N–H and O–H groups in total. The lowest BCUT2D eigenvalue weighted by Gasteiger charge is -2.27. The summed E-state index contributed by atoms with van der Waals surface area (Å²) in [6, 6.07) is 3.71. The summed E-state index contributed by atoms with van der Waals surface area (Å²) in [6.07, 6.45) is 8.27. The molecule has 0 unspecified atom stereocenters. The number of hydrogen-bond acceptors (Lipinski definition) is 3. The Labute approximate surface area is 136 Å². The number of aromatic amines is 1. The minimum Gasteiger partial charge on any atom is -0.357 e. The van der Waals surface area contributed by atoms with Crippen LogP contribution in [0.2, 0.25) is 0 Å². The van der Waals surface area contributed by atoms with Crippen molar-refractivity contribution in [2.45, 2.75) is 25.9 Å². The van der Waals surface area contributed by atoms with Crippen LogP contribution in [-0.2, 0) is 13.1 Å². The number of carbonyl (C=O) groups is 1. The number of H-pyrrole nitrogens is 1. The third kappa shape index (κ3) is 3.03. The van der Waals surface area contributed by atoms with Crippen LogP contribution in [0.15, 0.2) is 30.7 Å². The van der Waals surface area contributed by atoms with E-state index in [1.165, 1.54) is 25.9 Å². The average Bonchev–Trinajstić information content (AvgIpc) is 3.28. The summed E-state index contributed by atoms with van der Waals surface area (Å²) in [7, 11) is 0. The van der Waals surface area contributed by atoms with Crippen molar-refractivity contribution in [3.8, 4) is 0 Å². The highest BCUT2D eigenvalue weighted by Crippen LogP contribution is 2.20. The lowest BCUT2D eigenvalue weighted by molar-refractivity contribution is 0.0701. The van der Waals surface area contributed by atoms with Crippen LogP contribution in [0.1, 0.15) is 29.2 Å². The number of fused-ring (bicyclic) bond motifs is 1. The smallest absolute Gasteiger partial charge is 0.270 e. The second kappa shape index (κ2) is 6.20. The van der Waals surface area contributed by atoms with Gasteiger partial charge in [-0.3, -0.25) is 4.79 Å². The molecule has 0 bridgehead atoms. The van der Waals surface area contributed by atoms with E-state index in [2.05, 4.69) is 19.4 Å². The number of nitrogens with one attached hydrogen (secondary N) is 1. The molecule has 2 aliphatic heterocycles. The predicted octanol–water partition coefficient (Wildman–Crippen LogP) is 1.58. The van der Waals surface area contributed by atoms with Crippen molar-refractivity contribution in [2.75, 3.05) is 26.2 Å². The first kappa shape index (κ1) is 14.5. The maximum absolute atomic E-state index is 12.8. The molecule has 1 saturated heterocycles. The molecule has 122 valence electrons. The van der Waals surface area contributed by atoms with Gasteiger partial charge in [0, 0.05) is 44.1 Å². The fraction of sp³-hybridized carbons (Fsp3) is 0.529. The van der Waals surface area contributed by atoms with Crippen LogP contribution in [0, 0.1) is 5.92 Å². The average molecular weight is 313 g/mol. The van der Waals surface area contributed by atoms with Crippen molar-refractivity contribution in [2.24, 2.45) is 5.92 Å². The number of likely N-dealkylation sites (tertiary alicyclic amines) is 1. The standard InChI is InChI=1S/C17H23N5O/c23-17(15-4-3-5-18-15)22-12-14(10-20-7-1-2-8-20)11-21-9-6-19-16(21)13-22/h3-6,9,14,18H,1-2,7-8,10-13H2/t14-/m1/s1. The molecule has 0 saturated carbocycles. The van der Waals surface area contributed by atoms with Crippen LogP contribution in [0.5, 0.6) is 0 Å². The lowest BCUT2D eigenvalue weighted by Crippen LogP contribution is -2.38. The number of aromatic nitrogens is 3. The second-order valence-electron chi connectivity index (χ2n) is 6.64. The van der Waals surface area contributed by atoms with E-state index in [9.17, 15) is 4.79 Å². The zero-order chi connectivity index (χ0) is 15.6.